The zero-order chi connectivity index (χ0) is 8.81. The Bertz CT molecular complexity index is 114. The first kappa shape index (κ1) is 10.0. The van der Waals surface area contributed by atoms with Crippen LogP contribution < -0.4 is 5.32 Å². The van der Waals surface area contributed by atoms with Crippen LogP contribution >= 0.6 is 0 Å². The molecule has 0 spiro atoms. The van der Waals surface area contributed by atoms with Crippen molar-refractivity contribution in [3.63, 3.8) is 0 Å². The van der Waals surface area contributed by atoms with Crippen LogP contribution in [-0.2, 0) is 0 Å². The largest absolute Gasteiger partial charge is 0.313 e. The standard InChI is InChI=1S/C10H22N2/c1-3-7-12-8-5-10(4-2)11-6-9-12/h10-11H,3-9H2,1-2H3. The predicted molar refractivity (Wildman–Crippen MR) is 53.4 cm³/mol. The van der Waals surface area contributed by atoms with E-state index in [-0.39, 0.29) is 0 Å². The zero-order valence-electron chi connectivity index (χ0n) is 8.47. The van der Waals surface area contributed by atoms with E-state index in [0.29, 0.717) is 0 Å². The van der Waals surface area contributed by atoms with Crippen molar-refractivity contribution >= 4 is 0 Å². The van der Waals surface area contributed by atoms with E-state index in [2.05, 4.69) is 24.1 Å². The molecule has 0 aromatic heterocycles. The molecule has 0 saturated carbocycles. The van der Waals surface area contributed by atoms with Crippen LogP contribution in [0.5, 0.6) is 0 Å². The second-order valence-corrected chi connectivity index (χ2v) is 3.69. The van der Waals surface area contributed by atoms with Crippen LogP contribution in [0.4, 0.5) is 0 Å². The molecule has 2 heteroatoms. The summed E-state index contributed by atoms with van der Waals surface area (Å²) < 4.78 is 0. The van der Waals surface area contributed by atoms with Gasteiger partial charge in [-0.25, -0.2) is 0 Å². The molecule has 0 aliphatic carbocycles. The van der Waals surface area contributed by atoms with Crippen molar-refractivity contribution in [3.8, 4) is 0 Å². The van der Waals surface area contributed by atoms with Crippen molar-refractivity contribution in [3.05, 3.63) is 0 Å². The quantitative estimate of drug-likeness (QED) is 0.690. The molecule has 0 aromatic rings. The molecule has 0 radical (unpaired) electrons. The van der Waals surface area contributed by atoms with E-state index < -0.39 is 0 Å². The third-order valence-electron chi connectivity index (χ3n) is 2.69. The van der Waals surface area contributed by atoms with Gasteiger partial charge < -0.3 is 10.2 Å². The number of nitrogens with one attached hydrogen (secondary N) is 1. The smallest absolute Gasteiger partial charge is 0.0107 e. The van der Waals surface area contributed by atoms with E-state index in [1.807, 2.05) is 0 Å². The molecular formula is C10H22N2. The molecule has 1 aliphatic heterocycles. The van der Waals surface area contributed by atoms with Gasteiger partial charge in [0.05, 0.1) is 0 Å². The summed E-state index contributed by atoms with van der Waals surface area (Å²) in [5.41, 5.74) is 0. The first-order valence-electron chi connectivity index (χ1n) is 5.32. The molecule has 2 nitrogen and oxygen atoms in total. The second-order valence-electron chi connectivity index (χ2n) is 3.69. The monoisotopic (exact) mass is 170 g/mol. The number of hydrogen-bond donors (Lipinski definition) is 1. The third kappa shape index (κ3) is 3.11. The Labute approximate surface area is 76.3 Å². The summed E-state index contributed by atoms with van der Waals surface area (Å²) in [6.07, 6.45) is 3.90. The van der Waals surface area contributed by atoms with Crippen molar-refractivity contribution in [1.29, 1.82) is 0 Å². The number of rotatable bonds is 3. The molecule has 72 valence electrons. The molecule has 0 aromatic carbocycles. The Kier molecular flexibility index (Phi) is 4.62. The minimum absolute atomic E-state index is 0.770. The van der Waals surface area contributed by atoms with Crippen LogP contribution in [0.2, 0.25) is 0 Å². The fraction of sp³-hybridized carbons (Fsp3) is 1.00. The highest BCUT2D eigenvalue weighted by Crippen LogP contribution is 2.04. The van der Waals surface area contributed by atoms with Gasteiger partial charge in [-0.3, -0.25) is 0 Å². The highest BCUT2D eigenvalue weighted by molar-refractivity contribution is 4.73. The summed E-state index contributed by atoms with van der Waals surface area (Å²) in [6.45, 7) is 9.52. The van der Waals surface area contributed by atoms with Crippen molar-refractivity contribution in [2.75, 3.05) is 26.2 Å². The third-order valence-corrected chi connectivity index (χ3v) is 2.69. The highest BCUT2D eigenvalue weighted by atomic mass is 15.2. The molecule has 12 heavy (non-hydrogen) atoms. The summed E-state index contributed by atoms with van der Waals surface area (Å²) in [5, 5.41) is 3.58. The van der Waals surface area contributed by atoms with Gasteiger partial charge in [0.25, 0.3) is 0 Å². The van der Waals surface area contributed by atoms with Crippen molar-refractivity contribution in [2.24, 2.45) is 0 Å². The fourth-order valence-corrected chi connectivity index (χ4v) is 1.87. The molecule has 1 unspecified atom stereocenters. The first-order chi connectivity index (χ1) is 5.86. The Morgan fingerprint density at radius 3 is 2.83 bits per heavy atom. The van der Waals surface area contributed by atoms with Crippen molar-refractivity contribution < 1.29 is 0 Å². The van der Waals surface area contributed by atoms with Gasteiger partial charge >= 0.3 is 0 Å². The van der Waals surface area contributed by atoms with E-state index in [4.69, 9.17) is 0 Å². The lowest BCUT2D eigenvalue weighted by atomic mass is 10.1. The zero-order valence-corrected chi connectivity index (χ0v) is 8.47. The van der Waals surface area contributed by atoms with Crippen LogP contribution in [0.1, 0.15) is 33.1 Å². The predicted octanol–water partition coefficient (Wildman–Crippen LogP) is 1.47. The topological polar surface area (TPSA) is 15.3 Å². The lowest BCUT2D eigenvalue weighted by Crippen LogP contribution is -2.30. The average molecular weight is 170 g/mol. The maximum Gasteiger partial charge on any atom is 0.0107 e. The molecular weight excluding hydrogens is 148 g/mol. The van der Waals surface area contributed by atoms with E-state index in [1.54, 1.807) is 0 Å². The molecule has 1 heterocycles. The maximum absolute atomic E-state index is 3.58. The van der Waals surface area contributed by atoms with Crippen LogP contribution in [-0.4, -0.2) is 37.1 Å². The molecule has 1 N–H and O–H groups in total. The van der Waals surface area contributed by atoms with Gasteiger partial charge in [0, 0.05) is 19.1 Å². The molecule has 1 aliphatic rings. The van der Waals surface area contributed by atoms with Crippen LogP contribution in [0.25, 0.3) is 0 Å². The van der Waals surface area contributed by atoms with Gasteiger partial charge in [0.2, 0.25) is 0 Å². The molecule has 1 fully saturated rings. The van der Waals surface area contributed by atoms with E-state index in [0.717, 1.165) is 6.04 Å². The molecule has 0 amide bonds. The van der Waals surface area contributed by atoms with Crippen LogP contribution in [0.3, 0.4) is 0 Å². The Morgan fingerprint density at radius 2 is 2.17 bits per heavy atom. The maximum atomic E-state index is 3.58. The minimum Gasteiger partial charge on any atom is -0.313 e. The summed E-state index contributed by atoms with van der Waals surface area (Å²) in [7, 11) is 0. The Balaban J connectivity index is 2.24. The Hall–Kier alpha value is -0.0800. The van der Waals surface area contributed by atoms with Crippen LogP contribution in [0.15, 0.2) is 0 Å². The first-order valence-corrected chi connectivity index (χ1v) is 5.32. The van der Waals surface area contributed by atoms with Gasteiger partial charge in [-0.2, -0.15) is 0 Å². The summed E-state index contributed by atoms with van der Waals surface area (Å²) in [6, 6.07) is 0.770. The molecule has 0 bridgehead atoms. The average Bonchev–Trinajstić information content (AvgIpc) is 2.31. The highest BCUT2D eigenvalue weighted by Gasteiger charge is 2.13. The molecule has 1 rings (SSSR count). The Morgan fingerprint density at radius 1 is 1.33 bits per heavy atom. The van der Waals surface area contributed by atoms with E-state index in [1.165, 1.54) is 45.4 Å². The second kappa shape index (κ2) is 5.55. The summed E-state index contributed by atoms with van der Waals surface area (Å²) in [4.78, 5) is 2.57. The van der Waals surface area contributed by atoms with Gasteiger partial charge in [-0.1, -0.05) is 13.8 Å². The van der Waals surface area contributed by atoms with E-state index >= 15 is 0 Å². The number of hydrogen-bond acceptors (Lipinski definition) is 2. The molecule has 1 atom stereocenters. The van der Waals surface area contributed by atoms with Gasteiger partial charge in [-0.15, -0.1) is 0 Å². The fourth-order valence-electron chi connectivity index (χ4n) is 1.87. The number of nitrogens with zero attached hydrogens (tertiary/aromatic N) is 1. The van der Waals surface area contributed by atoms with Crippen molar-refractivity contribution in [1.82, 2.24) is 10.2 Å². The summed E-state index contributed by atoms with van der Waals surface area (Å²) in [5.74, 6) is 0. The lowest BCUT2D eigenvalue weighted by molar-refractivity contribution is 0.290. The normalized spacial score (nSPS) is 27.0. The van der Waals surface area contributed by atoms with Gasteiger partial charge in [-0.05, 0) is 32.4 Å². The van der Waals surface area contributed by atoms with E-state index in [9.17, 15) is 0 Å². The molecule has 1 saturated heterocycles. The van der Waals surface area contributed by atoms with Gasteiger partial charge in [0.1, 0.15) is 0 Å². The van der Waals surface area contributed by atoms with Gasteiger partial charge in [0.15, 0.2) is 0 Å². The van der Waals surface area contributed by atoms with Crippen molar-refractivity contribution in [2.45, 2.75) is 39.2 Å². The summed E-state index contributed by atoms with van der Waals surface area (Å²) >= 11 is 0. The lowest BCUT2D eigenvalue weighted by Gasteiger charge is -2.18. The van der Waals surface area contributed by atoms with Crippen LogP contribution in [0, 0.1) is 0 Å². The SMILES string of the molecule is CCCN1CCNC(CC)CC1. The minimum atomic E-state index is 0.770.